The summed E-state index contributed by atoms with van der Waals surface area (Å²) in [4.78, 5) is 0. The third-order valence-corrected chi connectivity index (χ3v) is 11.6. The average Bonchev–Trinajstić information content (AvgIpc) is 3.67. The molecule has 0 amide bonds. The summed E-state index contributed by atoms with van der Waals surface area (Å²) in [6.07, 6.45) is 0. The van der Waals surface area contributed by atoms with Crippen molar-refractivity contribution in [1.82, 2.24) is 4.57 Å². The van der Waals surface area contributed by atoms with E-state index < -0.39 is 0 Å². The standard InChI is InChI=1S/C52H39N/c1-52(2)47-19-11-9-17-43(47)45-34-41(29-31-48(45)52)51(38-25-21-36(22-26-38)35-13-5-3-6-14-35)39-27-23-37(24-28-39)40-30-32-50-46(33-40)44-18-10-12-20-49(44)53(50)42-15-7-4-8-16-42/h3-34,51H,1-2H3. The van der Waals surface area contributed by atoms with Crippen molar-refractivity contribution in [3.63, 3.8) is 0 Å². The Morgan fingerprint density at radius 2 is 0.906 bits per heavy atom. The van der Waals surface area contributed by atoms with E-state index in [0.717, 1.165) is 0 Å². The van der Waals surface area contributed by atoms with Crippen LogP contribution >= 0.6 is 0 Å². The number of hydrogen-bond donors (Lipinski definition) is 0. The molecule has 0 saturated carbocycles. The van der Waals surface area contributed by atoms with Gasteiger partial charge in [0.1, 0.15) is 0 Å². The number of aromatic nitrogens is 1. The zero-order valence-electron chi connectivity index (χ0n) is 30.0. The van der Waals surface area contributed by atoms with Crippen molar-refractivity contribution in [2.45, 2.75) is 25.2 Å². The van der Waals surface area contributed by atoms with Crippen LogP contribution in [0.15, 0.2) is 194 Å². The van der Waals surface area contributed by atoms with Crippen LogP contribution in [0.1, 0.15) is 47.6 Å². The monoisotopic (exact) mass is 677 g/mol. The van der Waals surface area contributed by atoms with Crippen molar-refractivity contribution in [2.75, 3.05) is 0 Å². The molecule has 1 atom stereocenters. The van der Waals surface area contributed by atoms with Crippen molar-refractivity contribution in [2.24, 2.45) is 0 Å². The molecule has 0 spiro atoms. The predicted octanol–water partition coefficient (Wildman–Crippen LogP) is 13.6. The molecule has 252 valence electrons. The van der Waals surface area contributed by atoms with Gasteiger partial charge in [-0.25, -0.2) is 0 Å². The van der Waals surface area contributed by atoms with Gasteiger partial charge in [0.05, 0.1) is 11.0 Å². The number of rotatable bonds is 6. The Hall–Kier alpha value is -6.44. The molecule has 0 radical (unpaired) electrons. The van der Waals surface area contributed by atoms with Gasteiger partial charge in [-0.1, -0.05) is 172 Å². The highest BCUT2D eigenvalue weighted by atomic mass is 15.0. The minimum atomic E-state index is -0.0204. The van der Waals surface area contributed by atoms with Crippen LogP contribution in [0.25, 0.3) is 60.9 Å². The highest BCUT2D eigenvalue weighted by Gasteiger charge is 2.35. The number of hydrogen-bond acceptors (Lipinski definition) is 0. The van der Waals surface area contributed by atoms with E-state index in [-0.39, 0.29) is 11.3 Å². The minimum absolute atomic E-state index is 0.0204. The summed E-state index contributed by atoms with van der Waals surface area (Å²) < 4.78 is 2.38. The molecule has 1 unspecified atom stereocenters. The maximum absolute atomic E-state index is 2.46. The molecular weight excluding hydrogens is 639 g/mol. The van der Waals surface area contributed by atoms with E-state index in [1.54, 1.807) is 0 Å². The Balaban J connectivity index is 1.07. The molecule has 1 heterocycles. The molecule has 1 nitrogen and oxygen atoms in total. The van der Waals surface area contributed by atoms with Crippen LogP contribution < -0.4 is 0 Å². The Morgan fingerprint density at radius 3 is 1.64 bits per heavy atom. The van der Waals surface area contributed by atoms with Gasteiger partial charge < -0.3 is 4.57 Å². The third-order valence-electron chi connectivity index (χ3n) is 11.6. The molecule has 0 N–H and O–H groups in total. The van der Waals surface area contributed by atoms with Crippen LogP contribution in [0.2, 0.25) is 0 Å². The first kappa shape index (κ1) is 31.3. The molecule has 0 aliphatic heterocycles. The molecule has 1 aliphatic rings. The lowest BCUT2D eigenvalue weighted by molar-refractivity contribution is 0.660. The lowest BCUT2D eigenvalue weighted by atomic mass is 9.80. The minimum Gasteiger partial charge on any atom is -0.309 e. The van der Waals surface area contributed by atoms with E-state index in [0.29, 0.717) is 0 Å². The van der Waals surface area contributed by atoms with E-state index in [9.17, 15) is 0 Å². The largest absolute Gasteiger partial charge is 0.309 e. The maximum atomic E-state index is 2.46. The summed E-state index contributed by atoms with van der Waals surface area (Å²) in [7, 11) is 0. The Kier molecular flexibility index (Phi) is 7.30. The van der Waals surface area contributed by atoms with Gasteiger partial charge in [-0.2, -0.15) is 0 Å². The summed E-state index contributed by atoms with van der Waals surface area (Å²) in [5, 5.41) is 2.54. The van der Waals surface area contributed by atoms with Crippen LogP contribution in [0, 0.1) is 0 Å². The quantitative estimate of drug-likeness (QED) is 0.154. The van der Waals surface area contributed by atoms with Crippen LogP contribution in [0.5, 0.6) is 0 Å². The molecule has 8 aromatic carbocycles. The molecule has 9 aromatic rings. The molecule has 0 fully saturated rings. The molecule has 53 heavy (non-hydrogen) atoms. The molecular formula is C52H39N. The van der Waals surface area contributed by atoms with Gasteiger partial charge in [-0.3, -0.25) is 0 Å². The summed E-state index contributed by atoms with van der Waals surface area (Å²) >= 11 is 0. The third kappa shape index (κ3) is 5.15. The van der Waals surface area contributed by atoms with Crippen LogP contribution in [0.4, 0.5) is 0 Å². The molecule has 1 aromatic heterocycles. The SMILES string of the molecule is CC1(C)c2ccccc2-c2cc(C(c3ccc(-c4ccccc4)cc3)c3ccc(-c4ccc5c(c4)c4ccccc4n5-c4ccccc4)cc3)ccc21. The molecule has 1 heteroatoms. The number of fused-ring (bicyclic) bond motifs is 6. The predicted molar refractivity (Wildman–Crippen MR) is 223 cm³/mol. The van der Waals surface area contributed by atoms with Gasteiger partial charge >= 0.3 is 0 Å². The van der Waals surface area contributed by atoms with E-state index in [1.807, 2.05) is 0 Å². The molecule has 10 rings (SSSR count). The number of para-hydroxylation sites is 2. The lowest BCUT2D eigenvalue weighted by Crippen LogP contribution is -2.15. The smallest absolute Gasteiger partial charge is 0.0541 e. The summed E-state index contributed by atoms with van der Waals surface area (Å²) in [6.45, 7) is 4.71. The second kappa shape index (κ2) is 12.4. The first-order chi connectivity index (χ1) is 26.0. The Bertz CT molecular complexity index is 2770. The molecule has 0 saturated heterocycles. The van der Waals surface area contributed by atoms with Crippen molar-refractivity contribution in [3.05, 3.63) is 222 Å². The van der Waals surface area contributed by atoms with E-state index >= 15 is 0 Å². The summed E-state index contributed by atoms with van der Waals surface area (Å²) in [6, 6.07) is 71.6. The average molecular weight is 678 g/mol. The van der Waals surface area contributed by atoms with Gasteiger partial charge in [0.2, 0.25) is 0 Å². The van der Waals surface area contributed by atoms with Crippen molar-refractivity contribution < 1.29 is 0 Å². The van der Waals surface area contributed by atoms with E-state index in [4.69, 9.17) is 0 Å². The molecule has 0 bridgehead atoms. The van der Waals surface area contributed by atoms with Gasteiger partial charge in [-0.05, 0) is 97.6 Å². The molecule has 1 aliphatic carbocycles. The van der Waals surface area contributed by atoms with Crippen molar-refractivity contribution in [1.29, 1.82) is 0 Å². The lowest BCUT2D eigenvalue weighted by Gasteiger charge is -2.23. The van der Waals surface area contributed by atoms with Crippen molar-refractivity contribution >= 4 is 21.8 Å². The van der Waals surface area contributed by atoms with Gasteiger partial charge in [0.15, 0.2) is 0 Å². The summed E-state index contributed by atoms with van der Waals surface area (Å²) in [5.41, 5.74) is 17.9. The van der Waals surface area contributed by atoms with Crippen LogP contribution in [-0.4, -0.2) is 4.57 Å². The van der Waals surface area contributed by atoms with Crippen molar-refractivity contribution in [3.8, 4) is 39.1 Å². The Morgan fingerprint density at radius 1 is 0.377 bits per heavy atom. The van der Waals surface area contributed by atoms with E-state index in [2.05, 4.69) is 213 Å². The maximum Gasteiger partial charge on any atom is 0.0541 e. The number of benzene rings is 8. The normalized spacial score (nSPS) is 13.5. The number of nitrogens with zero attached hydrogens (tertiary/aromatic N) is 1. The van der Waals surface area contributed by atoms with E-state index in [1.165, 1.54) is 88.7 Å². The van der Waals surface area contributed by atoms with Gasteiger partial charge in [0.25, 0.3) is 0 Å². The fraction of sp³-hybridized carbons (Fsp3) is 0.0769. The second-order valence-electron chi connectivity index (χ2n) is 14.9. The van der Waals surface area contributed by atoms with Gasteiger partial charge in [-0.15, -0.1) is 0 Å². The first-order valence-electron chi connectivity index (χ1n) is 18.6. The van der Waals surface area contributed by atoms with Crippen LogP contribution in [0.3, 0.4) is 0 Å². The summed E-state index contributed by atoms with van der Waals surface area (Å²) in [5.74, 6) is 0.0846. The topological polar surface area (TPSA) is 4.93 Å². The van der Waals surface area contributed by atoms with Gasteiger partial charge in [0, 0.05) is 27.8 Å². The highest BCUT2D eigenvalue weighted by Crippen LogP contribution is 2.50. The fourth-order valence-electron chi connectivity index (χ4n) is 8.87. The zero-order chi connectivity index (χ0) is 35.5. The first-order valence-corrected chi connectivity index (χ1v) is 18.6. The Labute approximate surface area is 311 Å². The van der Waals surface area contributed by atoms with Crippen LogP contribution in [-0.2, 0) is 5.41 Å². The zero-order valence-corrected chi connectivity index (χ0v) is 30.0. The fourth-order valence-corrected chi connectivity index (χ4v) is 8.87. The highest BCUT2D eigenvalue weighted by molar-refractivity contribution is 6.10. The second-order valence-corrected chi connectivity index (χ2v) is 14.9.